The van der Waals surface area contributed by atoms with Gasteiger partial charge in [0.05, 0.1) is 11.4 Å². The zero-order chi connectivity index (χ0) is 11.3. The van der Waals surface area contributed by atoms with Gasteiger partial charge in [0.15, 0.2) is 0 Å². The van der Waals surface area contributed by atoms with Gasteiger partial charge in [0.2, 0.25) is 0 Å². The lowest BCUT2D eigenvalue weighted by molar-refractivity contribution is 0.0690. The number of aromatic nitrogens is 1. The summed E-state index contributed by atoms with van der Waals surface area (Å²) < 4.78 is 11.4. The van der Waals surface area contributed by atoms with Crippen molar-refractivity contribution in [1.82, 2.24) is 4.98 Å². The zero-order valence-corrected chi connectivity index (χ0v) is 9.29. The van der Waals surface area contributed by atoms with E-state index in [0.717, 1.165) is 6.42 Å². The van der Waals surface area contributed by atoms with Crippen molar-refractivity contribution in [2.24, 2.45) is 0 Å². The number of nitrogens with zero attached hydrogens (tertiary/aromatic N) is 1. The van der Waals surface area contributed by atoms with Crippen LogP contribution in [0.3, 0.4) is 0 Å². The summed E-state index contributed by atoms with van der Waals surface area (Å²) in [6.07, 6.45) is 0.852. The van der Waals surface area contributed by atoms with Crippen molar-refractivity contribution >= 4 is 16.8 Å². The van der Waals surface area contributed by atoms with Gasteiger partial charge in [0, 0.05) is 16.6 Å². The largest absolute Gasteiger partial charge is 0.477 e. The van der Waals surface area contributed by atoms with Crippen molar-refractivity contribution in [3.63, 3.8) is 0 Å². The molecule has 0 bridgehead atoms. The number of carbonyl (C=O) groups is 1. The van der Waals surface area contributed by atoms with E-state index in [1.807, 2.05) is 6.92 Å². The number of rotatable bonds is 5. The van der Waals surface area contributed by atoms with Gasteiger partial charge in [-0.3, -0.25) is 4.21 Å². The smallest absolute Gasteiger partial charge is 0.354 e. The summed E-state index contributed by atoms with van der Waals surface area (Å²) in [5.41, 5.74) is 0.572. The first-order valence-corrected chi connectivity index (χ1v) is 6.16. The first-order valence-electron chi connectivity index (χ1n) is 4.67. The third-order valence-corrected chi connectivity index (χ3v) is 3.25. The van der Waals surface area contributed by atoms with Crippen molar-refractivity contribution in [3.8, 4) is 0 Å². The van der Waals surface area contributed by atoms with Crippen molar-refractivity contribution in [2.45, 2.75) is 19.1 Å². The first-order chi connectivity index (χ1) is 7.13. The molecule has 0 aliphatic heterocycles. The first kappa shape index (κ1) is 11.8. The Balaban J connectivity index is 2.73. The Morgan fingerprint density at radius 3 is 2.87 bits per heavy atom. The molecule has 4 nitrogen and oxygen atoms in total. The maximum Gasteiger partial charge on any atom is 0.354 e. The third-order valence-electron chi connectivity index (χ3n) is 1.77. The second-order valence-corrected chi connectivity index (χ2v) is 4.68. The molecule has 0 fully saturated rings. The van der Waals surface area contributed by atoms with Crippen molar-refractivity contribution < 1.29 is 14.1 Å². The second-order valence-electron chi connectivity index (χ2n) is 3.11. The fourth-order valence-corrected chi connectivity index (χ4v) is 2.23. The van der Waals surface area contributed by atoms with Crippen molar-refractivity contribution in [1.29, 1.82) is 0 Å². The van der Waals surface area contributed by atoms with E-state index in [0.29, 0.717) is 17.2 Å². The molecule has 0 aliphatic rings. The Labute approximate surface area is 90.8 Å². The van der Waals surface area contributed by atoms with E-state index in [1.165, 1.54) is 6.07 Å². The molecule has 0 spiro atoms. The van der Waals surface area contributed by atoms with Gasteiger partial charge in [-0.1, -0.05) is 13.0 Å². The molecule has 1 unspecified atom stereocenters. The number of carboxylic acids is 1. The average molecular weight is 227 g/mol. The second kappa shape index (κ2) is 5.60. The standard InChI is InChI=1S/C10H13NO3S/c1-2-6-15(14)7-8-4-3-5-9(11-8)10(12)13/h3-5H,2,6-7H2,1H3,(H,12,13). The Morgan fingerprint density at radius 2 is 2.27 bits per heavy atom. The average Bonchev–Trinajstić information content (AvgIpc) is 2.18. The van der Waals surface area contributed by atoms with Gasteiger partial charge in [0.1, 0.15) is 5.69 Å². The fourth-order valence-electron chi connectivity index (χ4n) is 1.14. The normalized spacial score (nSPS) is 12.3. The highest BCUT2D eigenvalue weighted by molar-refractivity contribution is 7.84. The van der Waals surface area contributed by atoms with Gasteiger partial charge in [0.25, 0.3) is 0 Å². The van der Waals surface area contributed by atoms with E-state index >= 15 is 0 Å². The van der Waals surface area contributed by atoms with Gasteiger partial charge in [-0.15, -0.1) is 0 Å². The quantitative estimate of drug-likeness (QED) is 0.826. The molecule has 1 rings (SSSR count). The van der Waals surface area contributed by atoms with Crippen LogP contribution in [0.4, 0.5) is 0 Å². The van der Waals surface area contributed by atoms with Crippen LogP contribution in [-0.4, -0.2) is 26.0 Å². The van der Waals surface area contributed by atoms with Crippen LogP contribution in [0.2, 0.25) is 0 Å². The number of hydrogen-bond donors (Lipinski definition) is 1. The van der Waals surface area contributed by atoms with Crippen LogP contribution in [0.15, 0.2) is 18.2 Å². The summed E-state index contributed by atoms with van der Waals surface area (Å²) in [6, 6.07) is 4.74. The number of hydrogen-bond acceptors (Lipinski definition) is 3. The van der Waals surface area contributed by atoms with E-state index < -0.39 is 16.8 Å². The zero-order valence-electron chi connectivity index (χ0n) is 8.47. The molecule has 1 atom stereocenters. The Kier molecular flexibility index (Phi) is 4.42. The third kappa shape index (κ3) is 3.79. The lowest BCUT2D eigenvalue weighted by Crippen LogP contribution is -2.06. The molecule has 0 aliphatic carbocycles. The molecule has 1 aromatic heterocycles. The molecule has 1 aromatic rings. The highest BCUT2D eigenvalue weighted by atomic mass is 32.2. The topological polar surface area (TPSA) is 67.3 Å². The molecular formula is C10H13NO3S. The molecule has 15 heavy (non-hydrogen) atoms. The monoisotopic (exact) mass is 227 g/mol. The van der Waals surface area contributed by atoms with E-state index in [-0.39, 0.29) is 5.69 Å². The van der Waals surface area contributed by atoms with E-state index in [9.17, 15) is 9.00 Å². The molecule has 1 N–H and O–H groups in total. The maximum absolute atomic E-state index is 11.4. The van der Waals surface area contributed by atoms with Crippen molar-refractivity contribution in [2.75, 3.05) is 5.75 Å². The Morgan fingerprint density at radius 1 is 1.53 bits per heavy atom. The Bertz CT molecular complexity index is 379. The Hall–Kier alpha value is -1.23. The predicted octanol–water partition coefficient (Wildman–Crippen LogP) is 1.44. The van der Waals surface area contributed by atoms with Crippen LogP contribution in [0, 0.1) is 0 Å². The molecule has 0 saturated heterocycles. The van der Waals surface area contributed by atoms with Gasteiger partial charge >= 0.3 is 5.97 Å². The molecule has 0 saturated carbocycles. The van der Waals surface area contributed by atoms with Gasteiger partial charge < -0.3 is 5.11 Å². The lowest BCUT2D eigenvalue weighted by Gasteiger charge is -2.01. The highest BCUT2D eigenvalue weighted by Crippen LogP contribution is 2.03. The molecule has 0 aromatic carbocycles. The van der Waals surface area contributed by atoms with Gasteiger partial charge in [-0.2, -0.15) is 0 Å². The molecule has 5 heteroatoms. The van der Waals surface area contributed by atoms with Crippen LogP contribution in [0.25, 0.3) is 0 Å². The number of aromatic carboxylic acids is 1. The van der Waals surface area contributed by atoms with Crippen LogP contribution < -0.4 is 0 Å². The number of carboxylic acid groups (broad SMARTS) is 1. The lowest BCUT2D eigenvalue weighted by atomic mass is 10.3. The van der Waals surface area contributed by atoms with Gasteiger partial charge in [-0.25, -0.2) is 9.78 Å². The number of pyridine rings is 1. The van der Waals surface area contributed by atoms with Crippen molar-refractivity contribution in [3.05, 3.63) is 29.6 Å². The SMILES string of the molecule is CCCS(=O)Cc1cccc(C(=O)O)n1. The molecule has 0 amide bonds. The van der Waals surface area contributed by atoms with Crippen LogP contribution in [0.5, 0.6) is 0 Å². The van der Waals surface area contributed by atoms with Crippen LogP contribution in [-0.2, 0) is 16.6 Å². The van der Waals surface area contributed by atoms with Crippen LogP contribution in [0.1, 0.15) is 29.5 Å². The minimum absolute atomic E-state index is 0.000925. The fraction of sp³-hybridized carbons (Fsp3) is 0.400. The van der Waals surface area contributed by atoms with Crippen LogP contribution >= 0.6 is 0 Å². The minimum Gasteiger partial charge on any atom is -0.477 e. The maximum atomic E-state index is 11.4. The molecule has 1 heterocycles. The molecular weight excluding hydrogens is 214 g/mol. The van der Waals surface area contributed by atoms with E-state index in [1.54, 1.807) is 12.1 Å². The van der Waals surface area contributed by atoms with Gasteiger partial charge in [-0.05, 0) is 18.6 Å². The summed E-state index contributed by atoms with van der Waals surface area (Å²) in [4.78, 5) is 14.5. The summed E-state index contributed by atoms with van der Waals surface area (Å²) in [5, 5.41) is 8.71. The predicted molar refractivity (Wildman–Crippen MR) is 58.2 cm³/mol. The minimum atomic E-state index is -1.06. The summed E-state index contributed by atoms with van der Waals surface area (Å²) in [6.45, 7) is 1.96. The summed E-state index contributed by atoms with van der Waals surface area (Å²) >= 11 is 0. The molecule has 0 radical (unpaired) electrons. The summed E-state index contributed by atoms with van der Waals surface area (Å²) in [5.74, 6) is -0.105. The van der Waals surface area contributed by atoms with E-state index in [4.69, 9.17) is 5.11 Å². The molecule has 82 valence electrons. The summed E-state index contributed by atoms with van der Waals surface area (Å²) in [7, 11) is -0.948. The van der Waals surface area contributed by atoms with E-state index in [2.05, 4.69) is 4.98 Å². The highest BCUT2D eigenvalue weighted by Gasteiger charge is 2.07.